The molecule has 0 spiro atoms. The van der Waals surface area contributed by atoms with Crippen LogP contribution in [0.4, 0.5) is 0 Å². The van der Waals surface area contributed by atoms with Crippen LogP contribution >= 0.6 is 0 Å². The molecule has 3 saturated carbocycles. The van der Waals surface area contributed by atoms with Crippen molar-refractivity contribution in [2.45, 2.75) is 148 Å². The predicted octanol–water partition coefficient (Wildman–Crippen LogP) is 9.01. The third-order valence-electron chi connectivity index (χ3n) is 9.86. The molecule has 0 atom stereocenters. The van der Waals surface area contributed by atoms with Gasteiger partial charge in [-0.3, -0.25) is 4.79 Å². The maximum Gasteiger partial charge on any atom is 0.312 e. The van der Waals surface area contributed by atoms with Gasteiger partial charge in [0, 0.05) is 0 Å². The fourth-order valence-corrected chi connectivity index (χ4v) is 7.96. The second kappa shape index (κ2) is 12.6. The van der Waals surface area contributed by atoms with Crippen molar-refractivity contribution >= 4 is 5.97 Å². The van der Waals surface area contributed by atoms with E-state index in [1.54, 1.807) is 7.11 Å². The molecule has 0 aliphatic heterocycles. The number of rotatable bonds is 11. The minimum Gasteiger partial charge on any atom is -0.469 e. The first-order chi connectivity index (χ1) is 15.2. The summed E-state index contributed by atoms with van der Waals surface area (Å²) in [5.41, 5.74) is 0.0366. The molecule has 0 N–H and O–H groups in total. The van der Waals surface area contributed by atoms with Crippen LogP contribution in [0.3, 0.4) is 0 Å². The summed E-state index contributed by atoms with van der Waals surface area (Å²) >= 11 is 0. The third-order valence-corrected chi connectivity index (χ3v) is 9.86. The summed E-state index contributed by atoms with van der Waals surface area (Å²) in [6.45, 7) is 2.30. The van der Waals surface area contributed by atoms with E-state index >= 15 is 0 Å². The van der Waals surface area contributed by atoms with E-state index in [4.69, 9.17) is 4.74 Å². The Morgan fingerprint density at radius 2 is 1.26 bits per heavy atom. The molecule has 3 aliphatic carbocycles. The molecule has 180 valence electrons. The van der Waals surface area contributed by atoms with Crippen molar-refractivity contribution in [2.24, 2.45) is 22.7 Å². The first kappa shape index (κ1) is 25.1. The highest BCUT2D eigenvalue weighted by atomic mass is 16.5. The van der Waals surface area contributed by atoms with Gasteiger partial charge < -0.3 is 4.74 Å². The van der Waals surface area contributed by atoms with Gasteiger partial charge in [0.05, 0.1) is 12.5 Å². The number of esters is 1. The van der Waals surface area contributed by atoms with Crippen molar-refractivity contribution in [3.05, 3.63) is 0 Å². The summed E-state index contributed by atoms with van der Waals surface area (Å²) < 4.78 is 5.55. The summed E-state index contributed by atoms with van der Waals surface area (Å²) in [4.78, 5) is 13.4. The lowest BCUT2D eigenvalue weighted by molar-refractivity contribution is -0.172. The molecule has 0 amide bonds. The van der Waals surface area contributed by atoms with Crippen molar-refractivity contribution in [1.82, 2.24) is 0 Å². The number of carbonyl (C=O) groups excluding carboxylic acids is 1. The molecule has 0 aromatic heterocycles. The lowest BCUT2D eigenvalue weighted by Crippen LogP contribution is -2.51. The Hall–Kier alpha value is -0.530. The van der Waals surface area contributed by atoms with E-state index in [2.05, 4.69) is 6.92 Å². The molecule has 0 radical (unpaired) electrons. The third kappa shape index (κ3) is 6.08. The first-order valence-corrected chi connectivity index (χ1v) is 14.3. The van der Waals surface area contributed by atoms with Crippen LogP contribution in [0.25, 0.3) is 0 Å². The second-order valence-corrected chi connectivity index (χ2v) is 11.5. The molecule has 2 heteroatoms. The highest BCUT2D eigenvalue weighted by Crippen LogP contribution is 2.61. The molecule has 0 unspecified atom stereocenters. The van der Waals surface area contributed by atoms with Crippen molar-refractivity contribution in [3.63, 3.8) is 0 Å². The second-order valence-electron chi connectivity index (χ2n) is 11.5. The fraction of sp³-hybridized carbons (Fsp3) is 0.966. The Morgan fingerprint density at radius 3 is 1.87 bits per heavy atom. The number of carbonyl (C=O) groups is 1. The molecule has 0 aromatic carbocycles. The normalized spacial score (nSPS) is 29.5. The van der Waals surface area contributed by atoms with Gasteiger partial charge in [-0.05, 0) is 62.2 Å². The van der Waals surface area contributed by atoms with Crippen LogP contribution in [0.1, 0.15) is 148 Å². The standard InChI is InChI=1S/C29H52O2/c1-3-4-5-6-7-8-13-20-28(29(27(30)31-2)21-14-10-15-22-29)23-18-26(19-24-28)25-16-11-9-12-17-25/h25-26H,3-24H2,1-2H3/t26-,28+. The van der Waals surface area contributed by atoms with Gasteiger partial charge in [-0.1, -0.05) is 103 Å². The quantitative estimate of drug-likeness (QED) is 0.240. The van der Waals surface area contributed by atoms with E-state index in [1.807, 2.05) is 0 Å². The molecule has 31 heavy (non-hydrogen) atoms. The van der Waals surface area contributed by atoms with Crippen molar-refractivity contribution in [2.75, 3.05) is 7.11 Å². The lowest BCUT2D eigenvalue weighted by atomic mass is 9.49. The van der Waals surface area contributed by atoms with Gasteiger partial charge in [0.2, 0.25) is 0 Å². The average Bonchev–Trinajstić information content (AvgIpc) is 2.84. The maximum absolute atomic E-state index is 13.4. The molecule has 0 bridgehead atoms. The van der Waals surface area contributed by atoms with Gasteiger partial charge >= 0.3 is 5.97 Å². The number of hydrogen-bond donors (Lipinski definition) is 0. The van der Waals surface area contributed by atoms with E-state index in [9.17, 15) is 4.79 Å². The number of hydrogen-bond acceptors (Lipinski definition) is 2. The maximum atomic E-state index is 13.4. The van der Waals surface area contributed by atoms with Crippen LogP contribution in [-0.2, 0) is 9.53 Å². The SMILES string of the molecule is CCCCCCCCC[C@]1(C2(C(=O)OC)CCCCC2)CC[C@@H](C2CCCCC2)CC1. The van der Waals surface area contributed by atoms with Gasteiger partial charge in [0.1, 0.15) is 0 Å². The Bertz CT molecular complexity index is 505. The van der Waals surface area contributed by atoms with Gasteiger partial charge in [0.15, 0.2) is 0 Å². The summed E-state index contributed by atoms with van der Waals surface area (Å²) in [6.07, 6.45) is 29.4. The molecule has 2 nitrogen and oxygen atoms in total. The summed E-state index contributed by atoms with van der Waals surface area (Å²) in [6, 6.07) is 0. The minimum absolute atomic E-state index is 0.145. The summed E-state index contributed by atoms with van der Waals surface area (Å²) in [7, 11) is 1.65. The van der Waals surface area contributed by atoms with Crippen LogP contribution in [0.2, 0.25) is 0 Å². The van der Waals surface area contributed by atoms with Crippen molar-refractivity contribution in [1.29, 1.82) is 0 Å². The number of ether oxygens (including phenoxy) is 1. The minimum atomic E-state index is -0.181. The van der Waals surface area contributed by atoms with Gasteiger partial charge in [-0.25, -0.2) is 0 Å². The van der Waals surface area contributed by atoms with Crippen molar-refractivity contribution in [3.8, 4) is 0 Å². The monoisotopic (exact) mass is 432 g/mol. The van der Waals surface area contributed by atoms with Crippen LogP contribution < -0.4 is 0 Å². The molecule has 3 rings (SSSR count). The fourth-order valence-electron chi connectivity index (χ4n) is 7.96. The number of unbranched alkanes of at least 4 members (excludes halogenated alkanes) is 6. The average molecular weight is 433 g/mol. The molecule has 0 saturated heterocycles. The first-order valence-electron chi connectivity index (χ1n) is 14.3. The van der Waals surface area contributed by atoms with Crippen LogP contribution in [-0.4, -0.2) is 13.1 Å². The topological polar surface area (TPSA) is 26.3 Å². The lowest BCUT2D eigenvalue weighted by Gasteiger charge is -2.55. The Morgan fingerprint density at radius 1 is 0.710 bits per heavy atom. The Balaban J connectivity index is 1.67. The highest BCUT2D eigenvalue weighted by Gasteiger charge is 2.57. The summed E-state index contributed by atoms with van der Waals surface area (Å²) in [5, 5.41) is 0. The number of methoxy groups -OCH3 is 1. The Labute approximate surface area is 193 Å². The predicted molar refractivity (Wildman–Crippen MR) is 131 cm³/mol. The molecule has 3 aliphatic rings. The van der Waals surface area contributed by atoms with Crippen LogP contribution in [0, 0.1) is 22.7 Å². The largest absolute Gasteiger partial charge is 0.469 e. The van der Waals surface area contributed by atoms with Gasteiger partial charge in [-0.15, -0.1) is 0 Å². The van der Waals surface area contributed by atoms with Crippen LogP contribution in [0.15, 0.2) is 0 Å². The molecule has 3 fully saturated rings. The molecule has 0 aromatic rings. The van der Waals surface area contributed by atoms with E-state index in [-0.39, 0.29) is 16.8 Å². The Kier molecular flexibility index (Phi) is 10.2. The van der Waals surface area contributed by atoms with E-state index < -0.39 is 0 Å². The summed E-state index contributed by atoms with van der Waals surface area (Å²) in [5.74, 6) is 2.05. The van der Waals surface area contributed by atoms with Gasteiger partial charge in [-0.2, -0.15) is 0 Å². The highest BCUT2D eigenvalue weighted by molar-refractivity contribution is 5.78. The van der Waals surface area contributed by atoms with E-state index in [0.29, 0.717) is 0 Å². The zero-order valence-electron chi connectivity index (χ0n) is 21.0. The van der Waals surface area contributed by atoms with E-state index in [0.717, 1.165) is 24.7 Å². The zero-order valence-corrected chi connectivity index (χ0v) is 21.0. The molecular formula is C29H52O2. The molecular weight excluding hydrogens is 380 g/mol. The van der Waals surface area contributed by atoms with Gasteiger partial charge in [0.25, 0.3) is 0 Å². The van der Waals surface area contributed by atoms with Crippen LogP contribution in [0.5, 0.6) is 0 Å². The smallest absolute Gasteiger partial charge is 0.312 e. The zero-order chi connectivity index (χ0) is 22.0. The molecule has 0 heterocycles. The van der Waals surface area contributed by atoms with Crippen molar-refractivity contribution < 1.29 is 9.53 Å². The van der Waals surface area contributed by atoms with E-state index in [1.165, 1.54) is 128 Å².